The second kappa shape index (κ2) is 6.09. The summed E-state index contributed by atoms with van der Waals surface area (Å²) in [5.74, 6) is 0.857. The number of aromatic nitrogens is 1. The summed E-state index contributed by atoms with van der Waals surface area (Å²) in [7, 11) is 0. The Morgan fingerprint density at radius 1 is 1.11 bits per heavy atom. The molecule has 28 heavy (non-hydrogen) atoms. The van der Waals surface area contributed by atoms with Crippen LogP contribution < -0.4 is 15.0 Å². The Kier molecular flexibility index (Phi) is 3.76. The highest BCUT2D eigenvalue weighted by molar-refractivity contribution is 6.32. The maximum atomic E-state index is 13.3. The minimum Gasteiger partial charge on any atom is -0.454 e. The van der Waals surface area contributed by atoms with Gasteiger partial charge in [-0.3, -0.25) is 9.59 Å². The summed E-state index contributed by atoms with van der Waals surface area (Å²) in [4.78, 5) is 26.6. The predicted molar refractivity (Wildman–Crippen MR) is 105 cm³/mol. The molecule has 2 heterocycles. The maximum absolute atomic E-state index is 13.3. The van der Waals surface area contributed by atoms with Gasteiger partial charge in [0.15, 0.2) is 17.3 Å². The fourth-order valence-corrected chi connectivity index (χ4v) is 4.08. The molecule has 142 valence electrons. The molecule has 5 rings (SSSR count). The molecule has 0 bridgehead atoms. The average Bonchev–Trinajstić information content (AvgIpc) is 3.26. The molecular weight excluding hydrogens is 382 g/mol. The highest BCUT2D eigenvalue weighted by Crippen LogP contribution is 2.45. The van der Waals surface area contributed by atoms with Crippen LogP contribution in [0, 0.1) is 0 Å². The van der Waals surface area contributed by atoms with Gasteiger partial charge in [0.2, 0.25) is 6.79 Å². The first kappa shape index (κ1) is 17.3. The van der Waals surface area contributed by atoms with Crippen LogP contribution in [0.25, 0.3) is 22.0 Å². The molecule has 0 fully saturated rings. The number of rotatable bonds is 3. The van der Waals surface area contributed by atoms with E-state index in [1.807, 2.05) is 6.92 Å². The number of halogens is 1. The van der Waals surface area contributed by atoms with Crippen LogP contribution in [0.15, 0.2) is 35.1 Å². The number of aliphatic hydroxyl groups excluding tert-OH is 1. The van der Waals surface area contributed by atoms with Crippen molar-refractivity contribution in [1.82, 2.24) is 4.57 Å². The third-order valence-electron chi connectivity index (χ3n) is 5.34. The molecule has 0 unspecified atom stereocenters. The lowest BCUT2D eigenvalue weighted by Crippen LogP contribution is -2.28. The second-order valence-corrected chi connectivity index (χ2v) is 7.41. The van der Waals surface area contributed by atoms with Gasteiger partial charge in [0.05, 0.1) is 23.9 Å². The first-order valence-electron chi connectivity index (χ1n) is 9.02. The molecule has 7 heteroatoms. The Balaban J connectivity index is 1.90. The molecule has 0 saturated carbocycles. The van der Waals surface area contributed by atoms with E-state index in [1.54, 1.807) is 30.3 Å². The van der Waals surface area contributed by atoms with Crippen LogP contribution in [0.2, 0.25) is 5.02 Å². The second-order valence-electron chi connectivity index (χ2n) is 6.97. The Labute approximate surface area is 164 Å². The minimum absolute atomic E-state index is 0.0846. The highest BCUT2D eigenvalue weighted by Gasteiger charge is 2.35. The van der Waals surface area contributed by atoms with Crippen molar-refractivity contribution in [3.05, 3.63) is 56.8 Å². The van der Waals surface area contributed by atoms with Crippen LogP contribution in [-0.4, -0.2) is 28.4 Å². The SMILES string of the molecule is CC[C@@H](O)Cn1c2c(c3ccc(Cl)cc3c1=O)C(=O)c1cc3c(cc1-2)OCO3. The Hall–Kier alpha value is -2.83. The number of carbonyl (C=O) groups is 1. The van der Waals surface area contributed by atoms with Gasteiger partial charge in [-0.1, -0.05) is 24.6 Å². The van der Waals surface area contributed by atoms with E-state index in [9.17, 15) is 14.7 Å². The monoisotopic (exact) mass is 397 g/mol. The zero-order chi connectivity index (χ0) is 19.6. The van der Waals surface area contributed by atoms with Gasteiger partial charge in [0, 0.05) is 26.9 Å². The third-order valence-corrected chi connectivity index (χ3v) is 5.57. The summed E-state index contributed by atoms with van der Waals surface area (Å²) >= 11 is 6.10. The van der Waals surface area contributed by atoms with Crippen LogP contribution in [0.1, 0.15) is 29.3 Å². The van der Waals surface area contributed by atoms with Gasteiger partial charge in [0.1, 0.15) is 0 Å². The van der Waals surface area contributed by atoms with E-state index in [-0.39, 0.29) is 24.7 Å². The van der Waals surface area contributed by atoms with E-state index in [0.717, 1.165) is 0 Å². The predicted octanol–water partition coefficient (Wildman–Crippen LogP) is 3.37. The topological polar surface area (TPSA) is 77.8 Å². The van der Waals surface area contributed by atoms with Crippen molar-refractivity contribution in [1.29, 1.82) is 0 Å². The minimum atomic E-state index is -0.716. The van der Waals surface area contributed by atoms with E-state index >= 15 is 0 Å². The molecule has 0 saturated heterocycles. The third kappa shape index (κ3) is 2.31. The van der Waals surface area contributed by atoms with Gasteiger partial charge < -0.3 is 19.1 Å². The number of carbonyl (C=O) groups excluding carboxylic acids is 1. The summed E-state index contributed by atoms with van der Waals surface area (Å²) in [5.41, 5.74) is 1.73. The summed E-state index contributed by atoms with van der Waals surface area (Å²) in [6, 6.07) is 8.32. The quantitative estimate of drug-likeness (QED) is 0.573. The molecule has 6 nitrogen and oxygen atoms in total. The fraction of sp³-hybridized carbons (Fsp3) is 0.238. The number of pyridine rings is 1. The first-order chi connectivity index (χ1) is 13.5. The number of ketones is 1. The summed E-state index contributed by atoms with van der Waals surface area (Å²) in [6.07, 6.45) is -0.233. The number of nitrogens with zero attached hydrogens (tertiary/aromatic N) is 1. The molecule has 3 aromatic rings. The lowest BCUT2D eigenvalue weighted by Gasteiger charge is -2.17. The number of aliphatic hydroxyl groups is 1. The van der Waals surface area contributed by atoms with Crippen molar-refractivity contribution in [2.45, 2.75) is 26.0 Å². The Morgan fingerprint density at radius 3 is 2.54 bits per heavy atom. The van der Waals surface area contributed by atoms with Gasteiger partial charge in [-0.15, -0.1) is 0 Å². The van der Waals surface area contributed by atoms with Crippen LogP contribution in [0.3, 0.4) is 0 Å². The zero-order valence-corrected chi connectivity index (χ0v) is 15.7. The van der Waals surface area contributed by atoms with Crippen LogP contribution >= 0.6 is 11.6 Å². The molecule has 1 atom stereocenters. The molecule has 0 radical (unpaired) electrons. The number of hydrogen-bond acceptors (Lipinski definition) is 5. The van der Waals surface area contributed by atoms with Crippen LogP contribution in [0.5, 0.6) is 11.5 Å². The average molecular weight is 398 g/mol. The lowest BCUT2D eigenvalue weighted by atomic mass is 10.0. The van der Waals surface area contributed by atoms with Gasteiger partial charge in [-0.05, 0) is 30.7 Å². The molecular formula is C21H16ClNO5. The molecule has 2 aromatic carbocycles. The fourth-order valence-electron chi connectivity index (χ4n) is 3.91. The standard InChI is InChI=1S/C21H16ClNO5/c1-2-11(24)8-23-19-13-6-16-17(28-9-27-16)7-14(13)20(25)18(19)12-4-3-10(22)5-15(12)21(23)26/h3-7,11,24H,2,8-9H2,1H3/t11-/m1/s1. The van der Waals surface area contributed by atoms with Crippen molar-refractivity contribution in [2.75, 3.05) is 6.79 Å². The van der Waals surface area contributed by atoms with Crippen molar-refractivity contribution in [3.63, 3.8) is 0 Å². The number of hydrogen-bond donors (Lipinski definition) is 1. The normalized spacial score (nSPS) is 15.0. The molecule has 1 aromatic heterocycles. The van der Waals surface area contributed by atoms with Gasteiger partial charge in [0.25, 0.3) is 5.56 Å². The Bertz CT molecular complexity index is 1230. The summed E-state index contributed by atoms with van der Waals surface area (Å²) < 4.78 is 12.4. The number of benzene rings is 2. The first-order valence-corrected chi connectivity index (χ1v) is 9.40. The molecule has 1 aliphatic heterocycles. The molecule has 1 N–H and O–H groups in total. The lowest BCUT2D eigenvalue weighted by molar-refractivity contribution is 0.104. The molecule has 1 aliphatic carbocycles. The van der Waals surface area contributed by atoms with Crippen molar-refractivity contribution < 1.29 is 19.4 Å². The summed E-state index contributed by atoms with van der Waals surface area (Å²) in [6.45, 7) is 2.02. The van der Waals surface area contributed by atoms with E-state index < -0.39 is 6.10 Å². The smallest absolute Gasteiger partial charge is 0.259 e. The number of fused-ring (bicyclic) bond motifs is 6. The van der Waals surface area contributed by atoms with E-state index in [2.05, 4.69) is 0 Å². The van der Waals surface area contributed by atoms with E-state index in [1.165, 1.54) is 4.57 Å². The largest absolute Gasteiger partial charge is 0.454 e. The van der Waals surface area contributed by atoms with Gasteiger partial charge in [-0.2, -0.15) is 0 Å². The summed E-state index contributed by atoms with van der Waals surface area (Å²) in [5, 5.41) is 11.6. The maximum Gasteiger partial charge on any atom is 0.259 e. The highest BCUT2D eigenvalue weighted by atomic mass is 35.5. The van der Waals surface area contributed by atoms with Crippen LogP contribution in [0.4, 0.5) is 0 Å². The molecule has 0 spiro atoms. The van der Waals surface area contributed by atoms with E-state index in [0.29, 0.717) is 56.1 Å². The van der Waals surface area contributed by atoms with Gasteiger partial charge in [-0.25, -0.2) is 0 Å². The van der Waals surface area contributed by atoms with Crippen LogP contribution in [-0.2, 0) is 6.54 Å². The Morgan fingerprint density at radius 2 is 1.82 bits per heavy atom. The molecule has 0 amide bonds. The van der Waals surface area contributed by atoms with Crippen molar-refractivity contribution in [2.24, 2.45) is 0 Å². The number of ether oxygens (including phenoxy) is 2. The van der Waals surface area contributed by atoms with Crippen molar-refractivity contribution in [3.8, 4) is 22.8 Å². The molecule has 2 aliphatic rings. The van der Waals surface area contributed by atoms with Crippen molar-refractivity contribution >= 4 is 28.2 Å². The van der Waals surface area contributed by atoms with Gasteiger partial charge >= 0.3 is 0 Å². The zero-order valence-electron chi connectivity index (χ0n) is 15.0. The van der Waals surface area contributed by atoms with E-state index in [4.69, 9.17) is 21.1 Å².